The van der Waals surface area contributed by atoms with Gasteiger partial charge in [-0.05, 0) is 24.6 Å². The molecule has 0 atom stereocenters. The summed E-state index contributed by atoms with van der Waals surface area (Å²) in [4.78, 5) is 10.7. The molecule has 0 radical (unpaired) electrons. The Morgan fingerprint density at radius 1 is 1.36 bits per heavy atom. The predicted molar refractivity (Wildman–Crippen MR) is 86.8 cm³/mol. The van der Waals surface area contributed by atoms with Gasteiger partial charge in [-0.25, -0.2) is 4.99 Å². The first-order valence-electron chi connectivity index (χ1n) is 7.11. The van der Waals surface area contributed by atoms with Crippen LogP contribution in [0, 0.1) is 6.92 Å². The number of nitrogens with zero attached hydrogens (tertiary/aromatic N) is 4. The lowest BCUT2D eigenvalue weighted by Crippen LogP contribution is -2.38. The van der Waals surface area contributed by atoms with Crippen molar-refractivity contribution in [2.45, 2.75) is 26.9 Å². The van der Waals surface area contributed by atoms with Gasteiger partial charge in [0.25, 0.3) is 0 Å². The molecule has 118 valence electrons. The molecule has 6 nitrogen and oxygen atoms in total. The third kappa shape index (κ3) is 4.73. The average molecular weight is 322 g/mol. The van der Waals surface area contributed by atoms with Crippen molar-refractivity contribution >= 4 is 17.6 Å². The fourth-order valence-electron chi connectivity index (χ4n) is 1.96. The summed E-state index contributed by atoms with van der Waals surface area (Å²) in [6.07, 6.45) is 0. The molecule has 1 N–H and O–H groups in total. The third-order valence-electron chi connectivity index (χ3n) is 2.97. The summed E-state index contributed by atoms with van der Waals surface area (Å²) >= 11 is 5.91. The number of nitrogens with one attached hydrogen (secondary N) is 1. The second kappa shape index (κ2) is 7.79. The highest BCUT2D eigenvalue weighted by atomic mass is 35.5. The molecule has 7 heteroatoms. The largest absolute Gasteiger partial charge is 0.357 e. The minimum absolute atomic E-state index is 0.380. The molecular weight excluding hydrogens is 302 g/mol. The van der Waals surface area contributed by atoms with E-state index in [0.29, 0.717) is 18.3 Å². The number of benzene rings is 1. The Kier molecular flexibility index (Phi) is 5.77. The Labute approximate surface area is 135 Å². The molecule has 1 aromatic carbocycles. The van der Waals surface area contributed by atoms with E-state index in [1.165, 1.54) is 0 Å². The first-order chi connectivity index (χ1) is 10.6. The van der Waals surface area contributed by atoms with Gasteiger partial charge in [0, 0.05) is 32.1 Å². The van der Waals surface area contributed by atoms with Gasteiger partial charge in [-0.1, -0.05) is 28.9 Å². The Morgan fingerprint density at radius 2 is 2.09 bits per heavy atom. The van der Waals surface area contributed by atoms with Crippen LogP contribution in [-0.2, 0) is 13.1 Å². The summed E-state index contributed by atoms with van der Waals surface area (Å²) in [5.74, 6) is 1.91. The zero-order valence-corrected chi connectivity index (χ0v) is 13.8. The summed E-state index contributed by atoms with van der Waals surface area (Å²) in [6.45, 7) is 5.69. The molecule has 0 aliphatic heterocycles. The summed E-state index contributed by atoms with van der Waals surface area (Å²) < 4.78 is 4.95. The first-order valence-corrected chi connectivity index (χ1v) is 7.49. The van der Waals surface area contributed by atoms with Gasteiger partial charge in [-0.15, -0.1) is 0 Å². The Balaban J connectivity index is 2.03. The molecule has 0 amide bonds. The maximum atomic E-state index is 5.91. The van der Waals surface area contributed by atoms with Crippen LogP contribution < -0.4 is 5.32 Å². The van der Waals surface area contributed by atoms with E-state index in [-0.39, 0.29) is 0 Å². The van der Waals surface area contributed by atoms with Crippen molar-refractivity contribution in [1.82, 2.24) is 20.4 Å². The maximum absolute atomic E-state index is 5.91. The van der Waals surface area contributed by atoms with Gasteiger partial charge in [0.1, 0.15) is 6.54 Å². The lowest BCUT2D eigenvalue weighted by molar-refractivity contribution is 0.387. The Morgan fingerprint density at radius 3 is 2.68 bits per heavy atom. The van der Waals surface area contributed by atoms with E-state index in [4.69, 9.17) is 16.1 Å². The van der Waals surface area contributed by atoms with Crippen molar-refractivity contribution in [3.8, 4) is 0 Å². The molecule has 0 spiro atoms. The second-order valence-corrected chi connectivity index (χ2v) is 5.32. The minimum atomic E-state index is 0.380. The maximum Gasteiger partial charge on any atom is 0.223 e. The van der Waals surface area contributed by atoms with Gasteiger partial charge >= 0.3 is 0 Å². The molecule has 22 heavy (non-hydrogen) atoms. The van der Waals surface area contributed by atoms with Crippen molar-refractivity contribution in [2.24, 2.45) is 4.99 Å². The van der Waals surface area contributed by atoms with Crippen molar-refractivity contribution < 1.29 is 4.52 Å². The fraction of sp³-hybridized carbons (Fsp3) is 0.400. The van der Waals surface area contributed by atoms with Crippen LogP contribution in [0.15, 0.2) is 33.8 Å². The number of aromatic nitrogens is 2. The van der Waals surface area contributed by atoms with E-state index < -0.39 is 0 Å². The van der Waals surface area contributed by atoms with Crippen molar-refractivity contribution in [1.29, 1.82) is 0 Å². The topological polar surface area (TPSA) is 66.5 Å². The van der Waals surface area contributed by atoms with Crippen molar-refractivity contribution in [2.75, 3.05) is 13.6 Å². The van der Waals surface area contributed by atoms with Gasteiger partial charge in [-0.3, -0.25) is 0 Å². The predicted octanol–water partition coefficient (Wildman–Crippen LogP) is 2.63. The van der Waals surface area contributed by atoms with Gasteiger partial charge < -0.3 is 14.7 Å². The fourth-order valence-corrected chi connectivity index (χ4v) is 2.09. The number of hydrogen-bond donors (Lipinski definition) is 1. The number of hydrogen-bond acceptors (Lipinski definition) is 4. The second-order valence-electron chi connectivity index (χ2n) is 4.88. The van der Waals surface area contributed by atoms with Gasteiger partial charge in [-0.2, -0.15) is 4.98 Å². The lowest BCUT2D eigenvalue weighted by atomic mass is 10.2. The molecule has 0 saturated carbocycles. The molecular formula is C15H20ClN5O. The molecule has 2 aromatic rings. The van der Waals surface area contributed by atoms with E-state index in [1.54, 1.807) is 6.92 Å². The first kappa shape index (κ1) is 16.3. The van der Waals surface area contributed by atoms with Crippen molar-refractivity contribution in [3.05, 3.63) is 46.6 Å². The monoisotopic (exact) mass is 321 g/mol. The third-order valence-corrected chi connectivity index (χ3v) is 3.22. The van der Waals surface area contributed by atoms with Crippen LogP contribution >= 0.6 is 11.6 Å². The Bertz CT molecular complexity index is 623. The highest BCUT2D eigenvalue weighted by Gasteiger charge is 2.08. The van der Waals surface area contributed by atoms with E-state index in [2.05, 4.69) is 20.4 Å². The van der Waals surface area contributed by atoms with Crippen LogP contribution in [0.4, 0.5) is 0 Å². The molecule has 0 aliphatic rings. The quantitative estimate of drug-likeness (QED) is 0.677. The molecule has 0 bridgehead atoms. The zero-order valence-electron chi connectivity index (χ0n) is 13.0. The molecule has 1 heterocycles. The zero-order chi connectivity index (χ0) is 15.9. The molecule has 0 aliphatic carbocycles. The summed E-state index contributed by atoms with van der Waals surface area (Å²) in [7, 11) is 1.98. The van der Waals surface area contributed by atoms with Crippen LogP contribution in [0.25, 0.3) is 0 Å². The molecule has 1 aromatic heterocycles. The SMILES string of the molecule is CCNC(=NCc1noc(C)n1)N(C)Cc1ccc(Cl)cc1. The van der Waals surface area contributed by atoms with Crippen LogP contribution in [0.2, 0.25) is 5.02 Å². The molecule has 0 fully saturated rings. The number of rotatable bonds is 5. The molecule has 0 saturated heterocycles. The number of aryl methyl sites for hydroxylation is 1. The standard InChI is InChI=1S/C15H20ClN5O/c1-4-17-15(18-9-14-19-11(2)22-20-14)21(3)10-12-5-7-13(16)8-6-12/h5-8H,4,9-10H2,1-3H3,(H,17,18). The highest BCUT2D eigenvalue weighted by molar-refractivity contribution is 6.30. The molecule has 0 unspecified atom stereocenters. The van der Waals surface area contributed by atoms with Crippen LogP contribution in [-0.4, -0.2) is 34.6 Å². The average Bonchev–Trinajstić information content (AvgIpc) is 2.91. The summed E-state index contributed by atoms with van der Waals surface area (Å²) in [6, 6.07) is 7.78. The van der Waals surface area contributed by atoms with Crippen LogP contribution in [0.3, 0.4) is 0 Å². The highest BCUT2D eigenvalue weighted by Crippen LogP contribution is 2.11. The number of guanidine groups is 1. The molecule has 2 rings (SSSR count). The summed E-state index contributed by atoms with van der Waals surface area (Å²) in [5.41, 5.74) is 1.16. The van der Waals surface area contributed by atoms with E-state index in [0.717, 1.165) is 29.6 Å². The number of aliphatic imine (C=N–C) groups is 1. The number of halogens is 1. The van der Waals surface area contributed by atoms with E-state index in [9.17, 15) is 0 Å². The normalized spacial score (nSPS) is 11.5. The van der Waals surface area contributed by atoms with E-state index in [1.807, 2.05) is 43.1 Å². The smallest absolute Gasteiger partial charge is 0.223 e. The van der Waals surface area contributed by atoms with Crippen molar-refractivity contribution in [3.63, 3.8) is 0 Å². The van der Waals surface area contributed by atoms with Crippen LogP contribution in [0.5, 0.6) is 0 Å². The van der Waals surface area contributed by atoms with Gasteiger partial charge in [0.2, 0.25) is 5.89 Å². The van der Waals surface area contributed by atoms with Gasteiger partial charge in [0.05, 0.1) is 0 Å². The Hall–Kier alpha value is -2.08. The summed E-state index contributed by atoms with van der Waals surface area (Å²) in [5, 5.41) is 7.84. The lowest BCUT2D eigenvalue weighted by Gasteiger charge is -2.22. The minimum Gasteiger partial charge on any atom is -0.357 e. The van der Waals surface area contributed by atoms with E-state index >= 15 is 0 Å². The van der Waals surface area contributed by atoms with Crippen LogP contribution in [0.1, 0.15) is 24.2 Å². The van der Waals surface area contributed by atoms with Gasteiger partial charge in [0.15, 0.2) is 11.8 Å².